The third kappa shape index (κ3) is 9.42. The quantitative estimate of drug-likeness (QED) is 0.167. The van der Waals surface area contributed by atoms with E-state index >= 15 is 0 Å². The van der Waals surface area contributed by atoms with Crippen LogP contribution in [0, 0.1) is 29.4 Å². The van der Waals surface area contributed by atoms with Crippen LogP contribution in [0.5, 0.6) is 5.75 Å². The fraction of sp³-hybridized carbons (Fsp3) is 0.724. The fourth-order valence-electron chi connectivity index (χ4n) is 6.02. The SMILES string of the molecule is CCCC=CCCCC1CCC(CCC2CCC(c3cc(F)c(OC(F)(F)F)c(F)c3)CC2)CC1. The van der Waals surface area contributed by atoms with Crippen molar-refractivity contribution in [1.82, 2.24) is 0 Å². The Kier molecular flexibility index (Phi) is 10.9. The Morgan fingerprint density at radius 3 is 1.77 bits per heavy atom. The van der Waals surface area contributed by atoms with Crippen molar-refractivity contribution in [2.24, 2.45) is 17.8 Å². The van der Waals surface area contributed by atoms with Gasteiger partial charge in [-0.15, -0.1) is 13.2 Å². The van der Waals surface area contributed by atoms with Gasteiger partial charge in [-0.05, 0) is 86.3 Å². The molecular weight excluding hydrogens is 459 g/mol. The predicted molar refractivity (Wildman–Crippen MR) is 130 cm³/mol. The van der Waals surface area contributed by atoms with Crippen LogP contribution in [0.15, 0.2) is 24.3 Å². The van der Waals surface area contributed by atoms with E-state index < -0.39 is 23.7 Å². The van der Waals surface area contributed by atoms with Crippen LogP contribution in [0.1, 0.15) is 115 Å². The molecule has 198 valence electrons. The number of halogens is 5. The van der Waals surface area contributed by atoms with Crippen molar-refractivity contribution < 1.29 is 26.7 Å². The zero-order valence-corrected chi connectivity index (χ0v) is 21.0. The minimum Gasteiger partial charge on any atom is -0.399 e. The first-order valence-electron chi connectivity index (χ1n) is 13.6. The summed E-state index contributed by atoms with van der Waals surface area (Å²) < 4.78 is 68.8. The van der Waals surface area contributed by atoms with Gasteiger partial charge in [0.25, 0.3) is 0 Å². The number of rotatable bonds is 11. The first-order chi connectivity index (χ1) is 16.7. The van der Waals surface area contributed by atoms with E-state index in [1.54, 1.807) is 0 Å². The summed E-state index contributed by atoms with van der Waals surface area (Å²) in [7, 11) is 0. The molecular formula is C29H41F5O. The lowest BCUT2D eigenvalue weighted by Crippen LogP contribution is -2.20. The molecule has 1 aromatic rings. The molecule has 0 spiro atoms. The maximum atomic E-state index is 14.1. The second-order valence-corrected chi connectivity index (χ2v) is 10.7. The van der Waals surface area contributed by atoms with Crippen molar-refractivity contribution >= 4 is 0 Å². The molecule has 0 radical (unpaired) electrons. The van der Waals surface area contributed by atoms with E-state index in [-0.39, 0.29) is 5.92 Å². The summed E-state index contributed by atoms with van der Waals surface area (Å²) in [4.78, 5) is 0. The van der Waals surface area contributed by atoms with E-state index in [0.717, 1.165) is 49.7 Å². The highest BCUT2D eigenvalue weighted by atomic mass is 19.4. The summed E-state index contributed by atoms with van der Waals surface area (Å²) >= 11 is 0. The number of allylic oxidation sites excluding steroid dienone is 2. The molecule has 2 saturated carbocycles. The van der Waals surface area contributed by atoms with Crippen LogP contribution in [0.3, 0.4) is 0 Å². The van der Waals surface area contributed by atoms with Gasteiger partial charge >= 0.3 is 6.36 Å². The molecule has 0 unspecified atom stereocenters. The van der Waals surface area contributed by atoms with Crippen molar-refractivity contribution in [2.75, 3.05) is 0 Å². The van der Waals surface area contributed by atoms with E-state index in [4.69, 9.17) is 0 Å². The van der Waals surface area contributed by atoms with Crippen LogP contribution in [0.4, 0.5) is 22.0 Å². The van der Waals surface area contributed by atoms with Gasteiger partial charge in [-0.25, -0.2) is 8.78 Å². The number of hydrogen-bond donors (Lipinski definition) is 0. The molecule has 0 bridgehead atoms. The average Bonchev–Trinajstić information content (AvgIpc) is 2.82. The molecule has 0 amide bonds. The Hall–Kier alpha value is -1.59. The Labute approximate surface area is 207 Å². The normalized spacial score (nSPS) is 25.8. The highest BCUT2D eigenvalue weighted by Crippen LogP contribution is 2.41. The summed E-state index contributed by atoms with van der Waals surface area (Å²) in [6.07, 6.45) is 17.4. The number of hydrogen-bond acceptors (Lipinski definition) is 1. The number of unbranched alkanes of at least 4 members (excludes halogenated alkanes) is 2. The summed E-state index contributed by atoms with van der Waals surface area (Å²) in [5.41, 5.74) is 0.437. The van der Waals surface area contributed by atoms with Gasteiger partial charge in [0, 0.05) is 0 Å². The maximum absolute atomic E-state index is 14.1. The zero-order valence-electron chi connectivity index (χ0n) is 21.0. The zero-order chi connectivity index (χ0) is 25.3. The van der Waals surface area contributed by atoms with Gasteiger partial charge in [0.15, 0.2) is 11.6 Å². The van der Waals surface area contributed by atoms with Gasteiger partial charge in [0.05, 0.1) is 0 Å². The molecule has 0 heterocycles. The lowest BCUT2D eigenvalue weighted by atomic mass is 9.74. The maximum Gasteiger partial charge on any atom is 0.573 e. The van der Waals surface area contributed by atoms with Crippen molar-refractivity contribution in [3.63, 3.8) is 0 Å². The Morgan fingerprint density at radius 1 is 0.771 bits per heavy atom. The number of benzene rings is 1. The van der Waals surface area contributed by atoms with Gasteiger partial charge in [0.1, 0.15) is 0 Å². The predicted octanol–water partition coefficient (Wildman–Crippen LogP) is 10.3. The molecule has 2 aliphatic rings. The standard InChI is InChI=1S/C29H41F5O/c1-2-3-4-5-6-7-8-21-9-11-22(12-10-21)13-14-23-15-17-24(18-16-23)25-19-26(30)28(27(31)20-25)35-29(32,33)34/h4-5,19-24H,2-3,6-18H2,1H3. The van der Waals surface area contributed by atoms with Crippen LogP contribution >= 0.6 is 0 Å². The summed E-state index contributed by atoms with van der Waals surface area (Å²) in [6, 6.07) is 2.02. The van der Waals surface area contributed by atoms with Crippen LogP contribution in [0.2, 0.25) is 0 Å². The smallest absolute Gasteiger partial charge is 0.399 e. The third-order valence-electron chi connectivity index (χ3n) is 8.11. The van der Waals surface area contributed by atoms with Crippen LogP contribution < -0.4 is 4.74 Å². The molecule has 2 fully saturated rings. The molecule has 0 N–H and O–H groups in total. The Bertz CT molecular complexity index is 764. The van der Waals surface area contributed by atoms with E-state index in [2.05, 4.69) is 23.8 Å². The summed E-state index contributed by atoms with van der Waals surface area (Å²) in [5.74, 6) is -1.59. The second-order valence-electron chi connectivity index (χ2n) is 10.7. The highest BCUT2D eigenvalue weighted by Gasteiger charge is 2.35. The average molecular weight is 501 g/mol. The fourth-order valence-corrected chi connectivity index (χ4v) is 6.02. The van der Waals surface area contributed by atoms with Crippen molar-refractivity contribution in [3.05, 3.63) is 41.5 Å². The highest BCUT2D eigenvalue weighted by molar-refractivity contribution is 5.33. The molecule has 1 aromatic carbocycles. The van der Waals surface area contributed by atoms with Crippen LogP contribution in [-0.4, -0.2) is 6.36 Å². The molecule has 0 atom stereocenters. The lowest BCUT2D eigenvalue weighted by molar-refractivity contribution is -0.276. The number of ether oxygens (including phenoxy) is 1. The third-order valence-corrected chi connectivity index (χ3v) is 8.11. The van der Waals surface area contributed by atoms with Crippen LogP contribution in [0.25, 0.3) is 0 Å². The lowest BCUT2D eigenvalue weighted by Gasteiger charge is -2.32. The molecule has 1 nitrogen and oxygen atoms in total. The molecule has 6 heteroatoms. The molecule has 0 aliphatic heterocycles. The first kappa shape index (κ1) is 28.0. The second kappa shape index (κ2) is 13.6. The van der Waals surface area contributed by atoms with Gasteiger partial charge < -0.3 is 4.74 Å². The van der Waals surface area contributed by atoms with Gasteiger partial charge in [-0.1, -0.05) is 70.4 Å². The first-order valence-corrected chi connectivity index (χ1v) is 13.6. The monoisotopic (exact) mass is 500 g/mol. The minimum atomic E-state index is -5.12. The van der Waals surface area contributed by atoms with Gasteiger partial charge in [0.2, 0.25) is 5.75 Å². The molecule has 0 aromatic heterocycles. The van der Waals surface area contributed by atoms with E-state index in [0.29, 0.717) is 11.5 Å². The minimum absolute atomic E-state index is 0.0116. The Balaban J connectivity index is 1.34. The summed E-state index contributed by atoms with van der Waals surface area (Å²) in [5, 5.41) is 0. The Morgan fingerprint density at radius 2 is 1.26 bits per heavy atom. The number of alkyl halides is 3. The topological polar surface area (TPSA) is 9.23 Å². The molecule has 2 aliphatic carbocycles. The molecule has 35 heavy (non-hydrogen) atoms. The van der Waals surface area contributed by atoms with E-state index in [9.17, 15) is 22.0 Å². The van der Waals surface area contributed by atoms with Crippen molar-refractivity contribution in [1.29, 1.82) is 0 Å². The molecule has 0 saturated heterocycles. The van der Waals surface area contributed by atoms with Crippen molar-refractivity contribution in [2.45, 2.75) is 116 Å². The van der Waals surface area contributed by atoms with Gasteiger partial charge in [-0.3, -0.25) is 0 Å². The van der Waals surface area contributed by atoms with E-state index in [1.807, 2.05) is 0 Å². The largest absolute Gasteiger partial charge is 0.573 e. The van der Waals surface area contributed by atoms with Crippen molar-refractivity contribution in [3.8, 4) is 5.75 Å². The van der Waals surface area contributed by atoms with Crippen LogP contribution in [-0.2, 0) is 0 Å². The summed E-state index contributed by atoms with van der Waals surface area (Å²) in [6.45, 7) is 2.21. The van der Waals surface area contributed by atoms with Gasteiger partial charge in [-0.2, -0.15) is 0 Å². The molecule has 3 rings (SSSR count). The van der Waals surface area contributed by atoms with E-state index in [1.165, 1.54) is 70.6 Å².